The van der Waals surface area contributed by atoms with Crippen molar-refractivity contribution in [3.63, 3.8) is 0 Å². The summed E-state index contributed by atoms with van der Waals surface area (Å²) in [6.07, 6.45) is 3.36. The van der Waals surface area contributed by atoms with Crippen molar-refractivity contribution >= 4 is 11.0 Å². The van der Waals surface area contributed by atoms with E-state index in [2.05, 4.69) is 41.0 Å². The van der Waals surface area contributed by atoms with Gasteiger partial charge in [-0.2, -0.15) is 0 Å². The molecule has 2 heterocycles. The Hall–Kier alpha value is -2.20. The van der Waals surface area contributed by atoms with E-state index in [9.17, 15) is 0 Å². The molecule has 1 atom stereocenters. The van der Waals surface area contributed by atoms with Crippen molar-refractivity contribution in [2.75, 3.05) is 7.05 Å². The molecule has 1 aromatic carbocycles. The maximum Gasteiger partial charge on any atom is 0.134 e. The first kappa shape index (κ1) is 12.8. The molecule has 4 heteroatoms. The van der Waals surface area contributed by atoms with Crippen LogP contribution in [0.4, 0.5) is 0 Å². The molecule has 0 aliphatic heterocycles. The van der Waals surface area contributed by atoms with Crippen molar-refractivity contribution in [2.24, 2.45) is 0 Å². The molecule has 0 bridgehead atoms. The van der Waals surface area contributed by atoms with Gasteiger partial charge < -0.3 is 4.42 Å². The second-order valence-corrected chi connectivity index (χ2v) is 4.98. The summed E-state index contributed by atoms with van der Waals surface area (Å²) in [5.74, 6) is 0.967. The van der Waals surface area contributed by atoms with Crippen LogP contribution in [0, 0.1) is 0 Å². The Balaban J connectivity index is 1.76. The zero-order valence-corrected chi connectivity index (χ0v) is 11.7. The van der Waals surface area contributed by atoms with Crippen LogP contribution in [0.15, 0.2) is 53.3 Å². The van der Waals surface area contributed by atoms with Gasteiger partial charge in [-0.15, -0.1) is 0 Å². The molecule has 3 aromatic rings. The van der Waals surface area contributed by atoms with Crippen molar-refractivity contribution in [3.8, 4) is 0 Å². The first-order valence-electron chi connectivity index (χ1n) is 6.67. The highest BCUT2D eigenvalue weighted by Crippen LogP contribution is 2.23. The molecule has 3 rings (SSSR count). The average molecular weight is 267 g/mol. The van der Waals surface area contributed by atoms with Crippen LogP contribution in [0.25, 0.3) is 11.0 Å². The third kappa shape index (κ3) is 2.56. The molecule has 0 fully saturated rings. The Morgan fingerprint density at radius 3 is 2.85 bits per heavy atom. The Kier molecular flexibility index (Phi) is 3.48. The number of furan rings is 1. The third-order valence-corrected chi connectivity index (χ3v) is 3.58. The molecule has 0 aliphatic rings. The number of hydrogen-bond donors (Lipinski definition) is 0. The molecule has 2 aromatic heterocycles. The first-order valence-corrected chi connectivity index (χ1v) is 6.67. The van der Waals surface area contributed by atoms with Gasteiger partial charge in [0.05, 0.1) is 12.2 Å². The Morgan fingerprint density at radius 1 is 1.25 bits per heavy atom. The van der Waals surface area contributed by atoms with Gasteiger partial charge in [-0.25, -0.2) is 9.97 Å². The molecular weight excluding hydrogens is 250 g/mol. The molecule has 0 radical (unpaired) electrons. The summed E-state index contributed by atoms with van der Waals surface area (Å²) in [5.41, 5.74) is 1.95. The number of fused-ring (bicyclic) bond motifs is 1. The molecule has 0 amide bonds. The van der Waals surface area contributed by atoms with Gasteiger partial charge in [-0.3, -0.25) is 4.90 Å². The Bertz CT molecular complexity index is 660. The van der Waals surface area contributed by atoms with E-state index in [4.69, 9.17) is 4.42 Å². The fraction of sp³-hybridized carbons (Fsp3) is 0.250. The largest absolute Gasteiger partial charge is 0.460 e. The Morgan fingerprint density at radius 2 is 2.10 bits per heavy atom. The molecule has 4 nitrogen and oxygen atoms in total. The molecule has 20 heavy (non-hydrogen) atoms. The predicted octanol–water partition coefficient (Wildman–Crippen LogP) is 3.42. The van der Waals surface area contributed by atoms with Gasteiger partial charge >= 0.3 is 0 Å². The normalized spacial score (nSPS) is 12.9. The lowest BCUT2D eigenvalue weighted by atomic mass is 10.2. The van der Waals surface area contributed by atoms with E-state index >= 15 is 0 Å². The van der Waals surface area contributed by atoms with Crippen molar-refractivity contribution in [3.05, 3.63) is 60.4 Å². The van der Waals surface area contributed by atoms with E-state index in [-0.39, 0.29) is 6.04 Å². The van der Waals surface area contributed by atoms with Crippen LogP contribution in [0.3, 0.4) is 0 Å². The summed E-state index contributed by atoms with van der Waals surface area (Å²) in [5, 5.41) is 1.14. The van der Waals surface area contributed by atoms with Gasteiger partial charge in [-0.1, -0.05) is 18.2 Å². The topological polar surface area (TPSA) is 42.2 Å². The van der Waals surface area contributed by atoms with Gasteiger partial charge in [0.15, 0.2) is 0 Å². The number of para-hydroxylation sites is 1. The number of benzene rings is 1. The lowest BCUT2D eigenvalue weighted by Crippen LogP contribution is -2.22. The van der Waals surface area contributed by atoms with Crippen LogP contribution < -0.4 is 0 Å². The minimum atomic E-state index is 0.214. The summed E-state index contributed by atoms with van der Waals surface area (Å²) in [4.78, 5) is 10.5. The molecule has 0 N–H and O–H groups in total. The number of nitrogens with zero attached hydrogens (tertiary/aromatic N) is 3. The summed E-state index contributed by atoms with van der Waals surface area (Å²) in [7, 11) is 2.07. The van der Waals surface area contributed by atoms with Crippen LogP contribution in [0.5, 0.6) is 0 Å². The highest BCUT2D eigenvalue weighted by molar-refractivity contribution is 5.77. The molecular formula is C16H17N3O. The number of hydrogen-bond acceptors (Lipinski definition) is 4. The van der Waals surface area contributed by atoms with Crippen LogP contribution in [-0.4, -0.2) is 21.9 Å². The highest BCUT2D eigenvalue weighted by atomic mass is 16.3. The summed E-state index contributed by atoms with van der Waals surface area (Å²) >= 11 is 0. The van der Waals surface area contributed by atoms with Crippen molar-refractivity contribution in [1.29, 1.82) is 0 Å². The average Bonchev–Trinajstić information content (AvgIpc) is 2.89. The number of aromatic nitrogens is 2. The monoisotopic (exact) mass is 267 g/mol. The summed E-state index contributed by atoms with van der Waals surface area (Å²) in [6, 6.07) is 12.3. The van der Waals surface area contributed by atoms with E-state index < -0.39 is 0 Å². The lowest BCUT2D eigenvalue weighted by molar-refractivity contribution is 0.231. The summed E-state index contributed by atoms with van der Waals surface area (Å²) < 4.78 is 5.85. The van der Waals surface area contributed by atoms with E-state index in [0.717, 1.165) is 29.0 Å². The van der Waals surface area contributed by atoms with Crippen LogP contribution in [0.1, 0.15) is 24.4 Å². The van der Waals surface area contributed by atoms with E-state index in [1.54, 1.807) is 12.5 Å². The Labute approximate surface area is 118 Å². The zero-order valence-electron chi connectivity index (χ0n) is 11.7. The molecule has 0 spiro atoms. The molecule has 0 aliphatic carbocycles. The number of rotatable bonds is 4. The van der Waals surface area contributed by atoms with E-state index in [1.807, 2.05) is 24.3 Å². The fourth-order valence-electron chi connectivity index (χ4n) is 2.27. The predicted molar refractivity (Wildman–Crippen MR) is 78.1 cm³/mol. The van der Waals surface area contributed by atoms with Crippen LogP contribution in [-0.2, 0) is 6.54 Å². The summed E-state index contributed by atoms with van der Waals surface area (Å²) in [6.45, 7) is 2.88. The van der Waals surface area contributed by atoms with Gasteiger partial charge in [0.1, 0.15) is 17.7 Å². The van der Waals surface area contributed by atoms with Crippen LogP contribution in [0.2, 0.25) is 0 Å². The standard InChI is InChI=1S/C16H17N3O/c1-12(15-7-8-17-11-18-15)19(2)10-14-9-13-5-3-4-6-16(13)20-14/h3-9,11-12H,10H2,1-2H3. The van der Waals surface area contributed by atoms with Crippen molar-refractivity contribution < 1.29 is 4.42 Å². The van der Waals surface area contributed by atoms with Crippen molar-refractivity contribution in [2.45, 2.75) is 19.5 Å². The maximum absolute atomic E-state index is 5.85. The SMILES string of the molecule is CC(c1ccncn1)N(C)Cc1cc2ccccc2o1. The maximum atomic E-state index is 5.85. The van der Waals surface area contributed by atoms with E-state index in [1.165, 1.54) is 0 Å². The lowest BCUT2D eigenvalue weighted by Gasteiger charge is -2.22. The smallest absolute Gasteiger partial charge is 0.134 e. The second kappa shape index (κ2) is 5.43. The van der Waals surface area contributed by atoms with Crippen LogP contribution >= 0.6 is 0 Å². The van der Waals surface area contributed by atoms with Crippen molar-refractivity contribution in [1.82, 2.24) is 14.9 Å². The first-order chi connectivity index (χ1) is 9.74. The van der Waals surface area contributed by atoms with E-state index in [0.29, 0.717) is 0 Å². The molecule has 102 valence electrons. The van der Waals surface area contributed by atoms with Gasteiger partial charge in [0.2, 0.25) is 0 Å². The van der Waals surface area contributed by atoms with Gasteiger partial charge in [0, 0.05) is 17.6 Å². The molecule has 0 saturated carbocycles. The minimum Gasteiger partial charge on any atom is -0.460 e. The zero-order chi connectivity index (χ0) is 13.9. The second-order valence-electron chi connectivity index (χ2n) is 4.98. The highest BCUT2D eigenvalue weighted by Gasteiger charge is 2.15. The third-order valence-electron chi connectivity index (χ3n) is 3.58. The fourth-order valence-corrected chi connectivity index (χ4v) is 2.27. The van der Waals surface area contributed by atoms with Gasteiger partial charge in [0.25, 0.3) is 0 Å². The van der Waals surface area contributed by atoms with Gasteiger partial charge in [-0.05, 0) is 32.2 Å². The molecule has 1 unspecified atom stereocenters. The minimum absolute atomic E-state index is 0.214. The quantitative estimate of drug-likeness (QED) is 0.726. The molecule has 0 saturated heterocycles.